The van der Waals surface area contributed by atoms with Gasteiger partial charge in [0.1, 0.15) is 6.20 Å². The van der Waals surface area contributed by atoms with Crippen LogP contribution in [0.4, 0.5) is 23.0 Å². The van der Waals surface area contributed by atoms with E-state index in [-0.39, 0.29) is 6.35 Å². The summed E-state index contributed by atoms with van der Waals surface area (Å²) in [4.78, 5) is 22.7. The van der Waals surface area contributed by atoms with E-state index in [0.29, 0.717) is 6.61 Å². The Labute approximate surface area is 361 Å². The van der Waals surface area contributed by atoms with Crippen LogP contribution in [0.3, 0.4) is 0 Å². The molecule has 0 spiro atoms. The van der Waals surface area contributed by atoms with Crippen molar-refractivity contribution in [3.8, 4) is 11.4 Å². The quantitative estimate of drug-likeness (QED) is 0.0935. The van der Waals surface area contributed by atoms with Gasteiger partial charge in [0.15, 0.2) is 23.6 Å². The van der Waals surface area contributed by atoms with Crippen molar-refractivity contribution < 1.29 is 39.5 Å². The molecule has 57 heavy (non-hydrogen) atoms. The number of ether oxygens (including phenoxy) is 1. The first-order valence-electron chi connectivity index (χ1n) is 18.2. The fourth-order valence-corrected chi connectivity index (χ4v) is 7.32. The first-order valence-corrected chi connectivity index (χ1v) is 20.8. The van der Waals surface area contributed by atoms with Gasteiger partial charge in [0.25, 0.3) is 0 Å². The van der Waals surface area contributed by atoms with Crippen molar-refractivity contribution in [3.05, 3.63) is 148 Å². The molecule has 0 fully saturated rings. The van der Waals surface area contributed by atoms with Crippen molar-refractivity contribution in [3.63, 3.8) is 0 Å². The van der Waals surface area contributed by atoms with Gasteiger partial charge in [0.2, 0.25) is 12.0 Å². The van der Waals surface area contributed by atoms with E-state index in [2.05, 4.69) is 215 Å². The molecular weight excluding hydrogens is 855 g/mol. The number of nitrogens with zero attached hydrogens (tertiary/aromatic N) is 8. The van der Waals surface area contributed by atoms with Crippen LogP contribution in [-0.2, 0) is 34.9 Å². The molecule has 4 heterocycles. The molecule has 8 rings (SSSR count). The molecule has 7 aromatic rings. The van der Waals surface area contributed by atoms with Gasteiger partial charge in [0.05, 0.1) is 6.20 Å². The van der Waals surface area contributed by atoms with Gasteiger partial charge >= 0.3 is 50.4 Å². The molecule has 1 aliphatic heterocycles. The SMILES string of the molecule is CCOC1N(c2cc(C)cc(C)c2)c2nccnc2N1c1cc(C)cc(C)c1.Cc1cc(C)cc(-n2[c-][n+](-c3cc(C)cc(C)c3)c3nccnc32)c1.[Cl][Cu+].[Cl][Cu]. The predicted octanol–water partition coefficient (Wildman–Crippen LogP) is 10.4. The molecule has 3 aromatic heterocycles. The Morgan fingerprint density at radius 2 is 0.947 bits per heavy atom. The normalized spacial score (nSPS) is 12.0. The zero-order chi connectivity index (χ0) is 41.4. The number of aryl methyl sites for hydroxylation is 8. The standard InChI is InChI=1S/C23H26N4O.C21H20N4.2ClH.2Cu/c1-6-28-23-26(19-11-15(2)9-16(3)12-19)21-22(25-8-7-24-21)27(23)20-13-17(4)10-18(5)14-20;1-14-7-15(2)10-18(9-14)24-13-25(21-20(24)22-5-6-23-21)19-11-16(3)8-17(4)12-19;;;;/h7-14,23H,6H2,1-5H3;5-12H,1-4H3;2*1H;;/q;;;;+1;+2/p-2. The number of hydrogen-bond acceptors (Lipinski definition) is 7. The van der Waals surface area contributed by atoms with E-state index in [4.69, 9.17) is 4.74 Å². The minimum atomic E-state index is -0.343. The van der Waals surface area contributed by atoms with Crippen molar-refractivity contribution in [1.29, 1.82) is 0 Å². The number of aromatic nitrogens is 6. The summed E-state index contributed by atoms with van der Waals surface area (Å²) in [5, 5.41) is 0. The number of anilines is 4. The topological polar surface area (TPSA) is 76.1 Å². The molecular formula is C44H46Cl2Cu2N8O+. The fraction of sp³-hybridized carbons (Fsp3) is 0.250. The van der Waals surface area contributed by atoms with Gasteiger partial charge in [-0.2, -0.15) is 4.98 Å². The van der Waals surface area contributed by atoms with Crippen LogP contribution in [0.5, 0.6) is 0 Å². The first-order chi connectivity index (χ1) is 27.5. The van der Waals surface area contributed by atoms with Crippen LogP contribution in [0.15, 0.2) is 97.6 Å². The molecule has 0 atom stereocenters. The summed E-state index contributed by atoms with van der Waals surface area (Å²) in [5.41, 5.74) is 15.5. The maximum absolute atomic E-state index is 6.25. The summed E-state index contributed by atoms with van der Waals surface area (Å²) in [7, 11) is 8.40. The van der Waals surface area contributed by atoms with Gasteiger partial charge < -0.3 is 9.30 Å². The van der Waals surface area contributed by atoms with E-state index in [9.17, 15) is 0 Å². The Morgan fingerprint density at radius 3 is 1.37 bits per heavy atom. The van der Waals surface area contributed by atoms with Crippen LogP contribution >= 0.6 is 20.2 Å². The molecule has 0 radical (unpaired) electrons. The molecule has 0 unspecified atom stereocenters. The summed E-state index contributed by atoms with van der Waals surface area (Å²) >= 11 is 7.32. The monoisotopic (exact) mass is 898 g/mol. The Hall–Kier alpha value is -4.31. The van der Waals surface area contributed by atoms with Crippen molar-refractivity contribution in [2.24, 2.45) is 0 Å². The zero-order valence-electron chi connectivity index (χ0n) is 33.4. The molecule has 1 aliphatic rings. The molecule has 0 N–H and O–H groups in total. The second kappa shape index (κ2) is 19.9. The van der Waals surface area contributed by atoms with Crippen LogP contribution < -0.4 is 14.4 Å². The van der Waals surface area contributed by atoms with Crippen LogP contribution in [0, 0.1) is 61.7 Å². The minimum absolute atomic E-state index is 0.343. The van der Waals surface area contributed by atoms with E-state index in [0.717, 1.165) is 45.7 Å². The fourth-order valence-electron chi connectivity index (χ4n) is 7.32. The third-order valence-corrected chi connectivity index (χ3v) is 9.06. The molecule has 9 nitrogen and oxygen atoms in total. The zero-order valence-corrected chi connectivity index (χ0v) is 36.8. The van der Waals surface area contributed by atoms with Gasteiger partial charge in [-0.05, 0) is 109 Å². The van der Waals surface area contributed by atoms with Gasteiger partial charge in [-0.25, -0.2) is 9.97 Å². The van der Waals surface area contributed by atoms with Gasteiger partial charge in [-0.15, -0.1) is 0 Å². The summed E-state index contributed by atoms with van der Waals surface area (Å²) in [5.74, 6) is 1.62. The Kier molecular flexibility index (Phi) is 15.3. The van der Waals surface area contributed by atoms with Crippen LogP contribution in [0.2, 0.25) is 0 Å². The number of hydrogen-bond donors (Lipinski definition) is 0. The summed E-state index contributed by atoms with van der Waals surface area (Å²) in [6.45, 7) is 19.5. The molecule has 13 heteroatoms. The summed E-state index contributed by atoms with van der Waals surface area (Å²) in [6.07, 6.45) is 10.0. The van der Waals surface area contributed by atoms with Crippen LogP contribution in [0.25, 0.3) is 22.7 Å². The summed E-state index contributed by atoms with van der Waals surface area (Å²) < 4.78 is 10.2. The molecule has 0 bridgehead atoms. The Bertz CT molecular complexity index is 2230. The number of imidazole rings is 1. The van der Waals surface area contributed by atoms with E-state index < -0.39 is 0 Å². The number of halogens is 2. The van der Waals surface area contributed by atoms with Gasteiger partial charge in [-0.1, -0.05) is 70.8 Å². The van der Waals surface area contributed by atoms with Gasteiger partial charge in [-0.3, -0.25) is 19.4 Å². The number of benzene rings is 4. The summed E-state index contributed by atoms with van der Waals surface area (Å²) in [6, 6.07) is 25.9. The molecule has 303 valence electrons. The van der Waals surface area contributed by atoms with Crippen molar-refractivity contribution in [2.75, 3.05) is 16.4 Å². The maximum atomic E-state index is 6.25. The Morgan fingerprint density at radius 1 is 0.579 bits per heavy atom. The number of fused-ring (bicyclic) bond motifs is 2. The molecule has 4 aromatic carbocycles. The Balaban J connectivity index is 0.000000201. The molecule has 0 saturated heterocycles. The molecule has 0 aliphatic carbocycles. The third kappa shape index (κ3) is 10.0. The third-order valence-electron chi connectivity index (χ3n) is 9.06. The van der Waals surface area contributed by atoms with E-state index in [1.165, 1.54) is 44.5 Å². The average Bonchev–Trinajstić information content (AvgIpc) is 3.72. The van der Waals surface area contributed by atoms with Crippen molar-refractivity contribution >= 4 is 54.5 Å². The van der Waals surface area contributed by atoms with E-state index in [1.54, 1.807) is 24.8 Å². The van der Waals surface area contributed by atoms with Crippen molar-refractivity contribution in [1.82, 2.24) is 24.5 Å². The second-order valence-electron chi connectivity index (χ2n) is 14.1. The first kappa shape index (κ1) is 43.8. The average molecular weight is 901 g/mol. The number of rotatable bonds is 6. The van der Waals surface area contributed by atoms with E-state index in [1.807, 2.05) is 16.1 Å². The van der Waals surface area contributed by atoms with Crippen molar-refractivity contribution in [2.45, 2.75) is 68.7 Å². The molecule has 0 amide bonds. The van der Waals surface area contributed by atoms with Crippen LogP contribution in [0.1, 0.15) is 51.4 Å². The predicted molar refractivity (Wildman–Crippen MR) is 223 cm³/mol. The van der Waals surface area contributed by atoms with Crippen LogP contribution in [-0.4, -0.2) is 37.5 Å². The van der Waals surface area contributed by atoms with Gasteiger partial charge in [0, 0.05) is 41.8 Å². The van der Waals surface area contributed by atoms with E-state index >= 15 is 0 Å². The second-order valence-corrected chi connectivity index (χ2v) is 14.1. The molecule has 0 saturated carbocycles.